The first-order valence-corrected chi connectivity index (χ1v) is 7.18. The molecule has 1 amide bonds. The third-order valence-electron chi connectivity index (χ3n) is 2.93. The van der Waals surface area contributed by atoms with E-state index in [0.717, 1.165) is 5.76 Å². The van der Waals surface area contributed by atoms with E-state index in [1.807, 2.05) is 6.07 Å². The first-order chi connectivity index (χ1) is 10.5. The van der Waals surface area contributed by atoms with Crippen LogP contribution in [0.2, 0.25) is 0 Å². The molecule has 0 spiro atoms. The highest BCUT2D eigenvalue weighted by Crippen LogP contribution is 2.12. The number of carbonyl (C=O) groups is 2. The van der Waals surface area contributed by atoms with Crippen LogP contribution in [0.3, 0.4) is 0 Å². The van der Waals surface area contributed by atoms with Gasteiger partial charge in [-0.05, 0) is 50.2 Å². The van der Waals surface area contributed by atoms with Crippen molar-refractivity contribution in [3.8, 4) is 0 Å². The number of nitrogens with one attached hydrogen (secondary N) is 1. The molecule has 22 heavy (non-hydrogen) atoms. The second kappa shape index (κ2) is 7.45. The predicted molar refractivity (Wildman–Crippen MR) is 82.7 cm³/mol. The fourth-order valence-electron chi connectivity index (χ4n) is 1.89. The maximum absolute atomic E-state index is 11.8. The van der Waals surface area contributed by atoms with Crippen molar-refractivity contribution in [2.24, 2.45) is 0 Å². The van der Waals surface area contributed by atoms with E-state index in [-0.39, 0.29) is 18.0 Å². The number of anilines is 1. The summed E-state index contributed by atoms with van der Waals surface area (Å²) in [6.07, 6.45) is 2.32. The van der Waals surface area contributed by atoms with E-state index >= 15 is 0 Å². The smallest absolute Gasteiger partial charge is 0.338 e. The minimum atomic E-state index is -0.370. The number of hydrogen-bond acceptors (Lipinski definition) is 4. The van der Waals surface area contributed by atoms with E-state index < -0.39 is 0 Å². The lowest BCUT2D eigenvalue weighted by Gasteiger charge is -2.09. The van der Waals surface area contributed by atoms with Crippen molar-refractivity contribution in [2.75, 3.05) is 5.32 Å². The molecule has 1 heterocycles. The first-order valence-electron chi connectivity index (χ1n) is 7.18. The van der Waals surface area contributed by atoms with Gasteiger partial charge in [0.15, 0.2) is 0 Å². The number of aryl methyl sites for hydroxylation is 1. The average molecular weight is 301 g/mol. The second-order valence-corrected chi connectivity index (χ2v) is 5.16. The Morgan fingerprint density at radius 3 is 2.50 bits per heavy atom. The number of rotatable bonds is 6. The van der Waals surface area contributed by atoms with Gasteiger partial charge in [-0.2, -0.15) is 0 Å². The third kappa shape index (κ3) is 4.77. The van der Waals surface area contributed by atoms with Crippen molar-refractivity contribution in [2.45, 2.75) is 32.8 Å². The monoisotopic (exact) mass is 301 g/mol. The average Bonchev–Trinajstić information content (AvgIpc) is 2.98. The van der Waals surface area contributed by atoms with Gasteiger partial charge in [-0.15, -0.1) is 0 Å². The molecule has 116 valence electrons. The number of furan rings is 1. The lowest BCUT2D eigenvalue weighted by molar-refractivity contribution is -0.116. The minimum absolute atomic E-state index is 0.103. The summed E-state index contributed by atoms with van der Waals surface area (Å²) in [4.78, 5) is 23.5. The van der Waals surface area contributed by atoms with Gasteiger partial charge in [-0.1, -0.05) is 0 Å². The zero-order valence-corrected chi connectivity index (χ0v) is 12.7. The largest absolute Gasteiger partial charge is 0.469 e. The number of ether oxygens (including phenoxy) is 1. The fraction of sp³-hybridized carbons (Fsp3) is 0.294. The van der Waals surface area contributed by atoms with Gasteiger partial charge >= 0.3 is 5.97 Å². The van der Waals surface area contributed by atoms with Crippen molar-refractivity contribution >= 4 is 17.6 Å². The number of esters is 1. The second-order valence-electron chi connectivity index (χ2n) is 5.16. The third-order valence-corrected chi connectivity index (χ3v) is 2.93. The number of benzene rings is 1. The first kappa shape index (κ1) is 15.8. The van der Waals surface area contributed by atoms with Gasteiger partial charge < -0.3 is 14.5 Å². The molecule has 0 radical (unpaired) electrons. The molecule has 0 aliphatic rings. The van der Waals surface area contributed by atoms with Gasteiger partial charge in [0.2, 0.25) is 5.91 Å². The molecular formula is C17H19NO4. The minimum Gasteiger partial charge on any atom is -0.469 e. The summed E-state index contributed by atoms with van der Waals surface area (Å²) in [6, 6.07) is 10.3. The van der Waals surface area contributed by atoms with E-state index in [1.165, 1.54) is 0 Å². The summed E-state index contributed by atoms with van der Waals surface area (Å²) in [7, 11) is 0. The van der Waals surface area contributed by atoms with E-state index in [1.54, 1.807) is 50.4 Å². The predicted octanol–water partition coefficient (Wildman–Crippen LogP) is 3.42. The molecule has 0 atom stereocenters. The van der Waals surface area contributed by atoms with Crippen LogP contribution in [-0.4, -0.2) is 18.0 Å². The van der Waals surface area contributed by atoms with Crippen LogP contribution in [-0.2, 0) is 16.0 Å². The Morgan fingerprint density at radius 2 is 1.91 bits per heavy atom. The molecular weight excluding hydrogens is 282 g/mol. The van der Waals surface area contributed by atoms with Gasteiger partial charge in [0, 0.05) is 18.5 Å². The van der Waals surface area contributed by atoms with Crippen LogP contribution in [0.5, 0.6) is 0 Å². The molecule has 5 heteroatoms. The molecule has 2 aromatic rings. The summed E-state index contributed by atoms with van der Waals surface area (Å²) in [5, 5.41) is 2.78. The Kier molecular flexibility index (Phi) is 5.36. The summed E-state index contributed by atoms with van der Waals surface area (Å²) in [5.41, 5.74) is 1.10. The van der Waals surface area contributed by atoms with Crippen molar-refractivity contribution < 1.29 is 18.7 Å². The van der Waals surface area contributed by atoms with Gasteiger partial charge in [-0.25, -0.2) is 4.79 Å². The van der Waals surface area contributed by atoms with Crippen LogP contribution in [0.25, 0.3) is 0 Å². The summed E-state index contributed by atoms with van der Waals surface area (Å²) >= 11 is 0. The van der Waals surface area contributed by atoms with Gasteiger partial charge in [0.1, 0.15) is 5.76 Å². The molecule has 1 N–H and O–H groups in total. The maximum atomic E-state index is 11.8. The van der Waals surface area contributed by atoms with Crippen molar-refractivity contribution in [3.05, 3.63) is 54.0 Å². The van der Waals surface area contributed by atoms with Crippen LogP contribution in [0.4, 0.5) is 5.69 Å². The normalized spacial score (nSPS) is 10.5. The van der Waals surface area contributed by atoms with Crippen LogP contribution in [0.15, 0.2) is 47.1 Å². The maximum Gasteiger partial charge on any atom is 0.338 e. The molecule has 1 aromatic carbocycles. The van der Waals surface area contributed by atoms with E-state index in [4.69, 9.17) is 9.15 Å². The lowest BCUT2D eigenvalue weighted by atomic mass is 10.2. The van der Waals surface area contributed by atoms with Crippen molar-refractivity contribution in [1.82, 2.24) is 0 Å². The molecule has 0 unspecified atom stereocenters. The summed E-state index contributed by atoms with van der Waals surface area (Å²) in [5.74, 6) is 0.307. The molecule has 5 nitrogen and oxygen atoms in total. The molecule has 0 aliphatic carbocycles. The Balaban J connectivity index is 1.85. The molecule has 0 aliphatic heterocycles. The lowest BCUT2D eigenvalue weighted by Crippen LogP contribution is -2.13. The molecule has 0 saturated carbocycles. The standard InChI is InChI=1S/C17H19NO4/c1-12(2)22-17(20)13-5-7-14(8-6-13)18-16(19)10-9-15-4-3-11-21-15/h3-8,11-12H,9-10H2,1-2H3,(H,18,19). The Labute approximate surface area is 129 Å². The Bertz CT molecular complexity index is 615. The van der Waals surface area contributed by atoms with E-state index in [0.29, 0.717) is 24.1 Å². The highest BCUT2D eigenvalue weighted by Gasteiger charge is 2.09. The zero-order valence-electron chi connectivity index (χ0n) is 12.7. The van der Waals surface area contributed by atoms with Crippen LogP contribution < -0.4 is 5.32 Å². The van der Waals surface area contributed by atoms with Crippen LogP contribution >= 0.6 is 0 Å². The van der Waals surface area contributed by atoms with E-state index in [2.05, 4.69) is 5.32 Å². The van der Waals surface area contributed by atoms with Crippen molar-refractivity contribution in [1.29, 1.82) is 0 Å². The van der Waals surface area contributed by atoms with Gasteiger partial charge in [0.05, 0.1) is 17.9 Å². The van der Waals surface area contributed by atoms with Crippen molar-refractivity contribution in [3.63, 3.8) is 0 Å². The number of carbonyl (C=O) groups excluding carboxylic acids is 2. The fourth-order valence-corrected chi connectivity index (χ4v) is 1.89. The molecule has 2 rings (SSSR count). The van der Waals surface area contributed by atoms with Gasteiger partial charge in [-0.3, -0.25) is 4.79 Å². The molecule has 0 fully saturated rings. The highest BCUT2D eigenvalue weighted by molar-refractivity contribution is 5.93. The quantitative estimate of drug-likeness (QED) is 0.830. The van der Waals surface area contributed by atoms with Crippen LogP contribution in [0, 0.1) is 0 Å². The topological polar surface area (TPSA) is 68.5 Å². The SMILES string of the molecule is CC(C)OC(=O)c1ccc(NC(=O)CCc2ccco2)cc1. The summed E-state index contributed by atoms with van der Waals surface area (Å²) in [6.45, 7) is 3.59. The Hall–Kier alpha value is -2.56. The number of hydrogen-bond donors (Lipinski definition) is 1. The van der Waals surface area contributed by atoms with Gasteiger partial charge in [0.25, 0.3) is 0 Å². The Morgan fingerprint density at radius 1 is 1.18 bits per heavy atom. The molecule has 0 saturated heterocycles. The zero-order chi connectivity index (χ0) is 15.9. The van der Waals surface area contributed by atoms with Crippen LogP contribution in [0.1, 0.15) is 36.4 Å². The number of amides is 1. The molecule has 1 aromatic heterocycles. The molecule has 0 bridgehead atoms. The highest BCUT2D eigenvalue weighted by atomic mass is 16.5. The summed E-state index contributed by atoms with van der Waals surface area (Å²) < 4.78 is 10.3. The van der Waals surface area contributed by atoms with E-state index in [9.17, 15) is 9.59 Å².